The lowest BCUT2D eigenvalue weighted by atomic mass is 10.6. The summed E-state index contributed by atoms with van der Waals surface area (Å²) in [5.41, 5.74) is 4.78. The van der Waals surface area contributed by atoms with Crippen LogP contribution in [0, 0.1) is 0 Å². The molecule has 3 nitrogen and oxygen atoms in total. The molecule has 0 radical (unpaired) electrons. The number of nitrogens with two attached hydrogens (primary N) is 1. The molecule has 0 aliphatic rings. The molecule has 0 aliphatic heterocycles. The lowest BCUT2D eigenvalue weighted by Gasteiger charge is -1.90. The molecule has 0 saturated heterocycles. The third kappa shape index (κ3) is 5.36. The van der Waals surface area contributed by atoms with Gasteiger partial charge in [0.1, 0.15) is 0 Å². The molecule has 0 aliphatic carbocycles. The number of amides is 1. The number of primary amides is 1. The second-order valence-electron chi connectivity index (χ2n) is 1.48. The number of carbonyl (C=O) groups excluding carboxylic acids is 2. The third-order valence-electron chi connectivity index (χ3n) is 0.664. The number of hydrogen-bond acceptors (Lipinski definition) is 3. The second kappa shape index (κ2) is 4.38. The zero-order chi connectivity index (χ0) is 7.28. The predicted octanol–water partition coefficient (Wildman–Crippen LogP) is 0.142. The fourth-order valence-corrected chi connectivity index (χ4v) is 0.761. The van der Waals surface area contributed by atoms with Crippen molar-refractivity contribution in [2.75, 3.05) is 5.75 Å². The van der Waals surface area contributed by atoms with Gasteiger partial charge in [-0.1, -0.05) is 18.7 Å². The first kappa shape index (κ1) is 8.49. The zero-order valence-electron chi connectivity index (χ0n) is 5.22. The van der Waals surface area contributed by atoms with E-state index in [1.54, 1.807) is 6.92 Å². The number of thioether (sulfide) groups is 1. The second-order valence-corrected chi connectivity index (χ2v) is 2.51. The van der Waals surface area contributed by atoms with Crippen LogP contribution in [0.1, 0.15) is 13.3 Å². The van der Waals surface area contributed by atoms with Crippen LogP contribution in [0.15, 0.2) is 0 Å². The zero-order valence-corrected chi connectivity index (χ0v) is 6.03. The average Bonchev–Trinajstić information content (AvgIpc) is 1.83. The average molecular weight is 147 g/mol. The summed E-state index contributed by atoms with van der Waals surface area (Å²) in [5, 5.41) is 0.00815. The Bertz CT molecular complexity index is 124. The quantitative estimate of drug-likeness (QED) is 0.617. The first-order chi connectivity index (χ1) is 4.16. The highest BCUT2D eigenvalue weighted by Crippen LogP contribution is 2.02. The van der Waals surface area contributed by atoms with Gasteiger partial charge in [-0.25, -0.2) is 0 Å². The molecule has 0 bridgehead atoms. The lowest BCUT2D eigenvalue weighted by Crippen LogP contribution is -2.14. The molecular weight excluding hydrogens is 138 g/mol. The molecule has 0 fully saturated rings. The van der Waals surface area contributed by atoms with Gasteiger partial charge in [0, 0.05) is 6.42 Å². The Balaban J connectivity index is 3.28. The number of carbonyl (C=O) groups is 2. The maximum atomic E-state index is 10.5. The summed E-state index contributed by atoms with van der Waals surface area (Å²) in [7, 11) is 0. The molecule has 0 aromatic heterocycles. The van der Waals surface area contributed by atoms with Crippen molar-refractivity contribution < 1.29 is 9.59 Å². The molecule has 0 aromatic carbocycles. The van der Waals surface area contributed by atoms with E-state index in [1.807, 2.05) is 0 Å². The van der Waals surface area contributed by atoms with Gasteiger partial charge >= 0.3 is 0 Å². The monoisotopic (exact) mass is 147 g/mol. The maximum absolute atomic E-state index is 10.5. The van der Waals surface area contributed by atoms with Crippen molar-refractivity contribution in [3.05, 3.63) is 0 Å². The molecule has 0 heterocycles. The molecule has 4 heteroatoms. The van der Waals surface area contributed by atoms with Crippen LogP contribution in [0.5, 0.6) is 0 Å². The fraction of sp³-hybridized carbons (Fsp3) is 0.600. The minimum Gasteiger partial charge on any atom is -0.369 e. The standard InChI is InChI=1S/C5H9NO2S/c1-2-5(8)9-3-4(6)7/h2-3H2,1H3,(H2,6,7). The van der Waals surface area contributed by atoms with Gasteiger partial charge < -0.3 is 5.73 Å². The molecular formula is C5H9NO2S. The van der Waals surface area contributed by atoms with Crippen molar-refractivity contribution in [1.29, 1.82) is 0 Å². The molecule has 0 spiro atoms. The molecule has 1 amide bonds. The summed E-state index contributed by atoms with van der Waals surface area (Å²) >= 11 is 0.971. The molecule has 0 saturated carbocycles. The van der Waals surface area contributed by atoms with Crippen LogP contribution in [-0.4, -0.2) is 16.8 Å². The van der Waals surface area contributed by atoms with Crippen molar-refractivity contribution in [1.82, 2.24) is 0 Å². The molecule has 0 unspecified atom stereocenters. The van der Waals surface area contributed by atoms with E-state index in [-0.39, 0.29) is 10.9 Å². The van der Waals surface area contributed by atoms with Gasteiger partial charge in [0.25, 0.3) is 0 Å². The highest BCUT2D eigenvalue weighted by Gasteiger charge is 2.00. The summed E-state index contributed by atoms with van der Waals surface area (Å²) in [6.07, 6.45) is 0.456. The Morgan fingerprint density at radius 3 is 2.44 bits per heavy atom. The summed E-state index contributed by atoms with van der Waals surface area (Å²) in [6.45, 7) is 1.75. The van der Waals surface area contributed by atoms with E-state index in [0.717, 1.165) is 11.8 Å². The topological polar surface area (TPSA) is 60.2 Å². The van der Waals surface area contributed by atoms with Crippen molar-refractivity contribution in [3.8, 4) is 0 Å². The van der Waals surface area contributed by atoms with Crippen molar-refractivity contribution in [3.63, 3.8) is 0 Å². The Kier molecular flexibility index (Phi) is 4.13. The highest BCUT2D eigenvalue weighted by atomic mass is 32.2. The van der Waals surface area contributed by atoms with E-state index in [2.05, 4.69) is 0 Å². The number of rotatable bonds is 3. The van der Waals surface area contributed by atoms with E-state index in [1.165, 1.54) is 0 Å². The van der Waals surface area contributed by atoms with Gasteiger partial charge in [-0.3, -0.25) is 9.59 Å². The van der Waals surface area contributed by atoms with Crippen LogP contribution in [0.2, 0.25) is 0 Å². The Morgan fingerprint density at radius 1 is 1.56 bits per heavy atom. The SMILES string of the molecule is CCC(=O)SCC(N)=O. The molecule has 9 heavy (non-hydrogen) atoms. The van der Waals surface area contributed by atoms with Crippen LogP contribution >= 0.6 is 11.8 Å². The number of hydrogen-bond donors (Lipinski definition) is 1. The Hall–Kier alpha value is -0.510. The van der Waals surface area contributed by atoms with E-state index in [4.69, 9.17) is 5.73 Å². The Labute approximate surface area is 58.0 Å². The van der Waals surface area contributed by atoms with Crippen LogP contribution in [0.25, 0.3) is 0 Å². The van der Waals surface area contributed by atoms with Crippen molar-refractivity contribution in [2.45, 2.75) is 13.3 Å². The van der Waals surface area contributed by atoms with Crippen LogP contribution in [0.3, 0.4) is 0 Å². The van der Waals surface area contributed by atoms with Crippen LogP contribution in [0.4, 0.5) is 0 Å². The third-order valence-corrected chi connectivity index (χ3v) is 1.70. The smallest absolute Gasteiger partial charge is 0.227 e. The van der Waals surface area contributed by atoms with Gasteiger partial charge in [0.15, 0.2) is 5.12 Å². The molecule has 2 N–H and O–H groups in total. The van der Waals surface area contributed by atoms with Gasteiger partial charge in [-0.05, 0) is 0 Å². The fourth-order valence-electron chi connectivity index (χ4n) is 0.254. The predicted molar refractivity (Wildman–Crippen MR) is 37.0 cm³/mol. The first-order valence-corrected chi connectivity index (χ1v) is 3.59. The van der Waals surface area contributed by atoms with Gasteiger partial charge in [0.05, 0.1) is 5.75 Å². The summed E-state index contributed by atoms with van der Waals surface area (Å²) in [4.78, 5) is 20.5. The summed E-state index contributed by atoms with van der Waals surface area (Å²) in [5.74, 6) is -0.339. The van der Waals surface area contributed by atoms with Crippen molar-refractivity contribution >= 4 is 22.8 Å². The Morgan fingerprint density at radius 2 is 2.11 bits per heavy atom. The summed E-state index contributed by atoms with van der Waals surface area (Å²) in [6, 6.07) is 0. The minimum atomic E-state index is -0.443. The molecule has 0 aromatic rings. The van der Waals surface area contributed by atoms with E-state index in [9.17, 15) is 9.59 Å². The van der Waals surface area contributed by atoms with Gasteiger partial charge in [-0.15, -0.1) is 0 Å². The van der Waals surface area contributed by atoms with Crippen LogP contribution < -0.4 is 5.73 Å². The van der Waals surface area contributed by atoms with Crippen molar-refractivity contribution in [2.24, 2.45) is 5.73 Å². The lowest BCUT2D eigenvalue weighted by molar-refractivity contribution is -0.116. The highest BCUT2D eigenvalue weighted by molar-refractivity contribution is 8.14. The van der Waals surface area contributed by atoms with Gasteiger partial charge in [-0.2, -0.15) is 0 Å². The summed E-state index contributed by atoms with van der Waals surface area (Å²) < 4.78 is 0. The molecule has 0 rings (SSSR count). The van der Waals surface area contributed by atoms with E-state index >= 15 is 0 Å². The van der Waals surface area contributed by atoms with E-state index < -0.39 is 5.91 Å². The van der Waals surface area contributed by atoms with Gasteiger partial charge in [0.2, 0.25) is 5.91 Å². The first-order valence-electron chi connectivity index (χ1n) is 2.60. The minimum absolute atomic E-state index is 0.00815. The van der Waals surface area contributed by atoms with Crippen LogP contribution in [-0.2, 0) is 9.59 Å². The normalized spacial score (nSPS) is 9.00. The molecule has 52 valence electrons. The van der Waals surface area contributed by atoms with E-state index in [0.29, 0.717) is 6.42 Å². The molecule has 0 atom stereocenters. The largest absolute Gasteiger partial charge is 0.369 e. The maximum Gasteiger partial charge on any atom is 0.227 e.